The lowest BCUT2D eigenvalue weighted by molar-refractivity contribution is -0.391. The zero-order valence-electron chi connectivity index (χ0n) is 8.94. The monoisotopic (exact) mass is 289 g/mol. The van der Waals surface area contributed by atoms with Crippen LogP contribution in [0.5, 0.6) is 0 Å². The van der Waals surface area contributed by atoms with Gasteiger partial charge in [0.2, 0.25) is 0 Å². The van der Waals surface area contributed by atoms with Crippen LogP contribution in [0.25, 0.3) is 0 Å². The van der Waals surface area contributed by atoms with E-state index in [0.717, 1.165) is 0 Å². The Hall–Kier alpha value is -1.37. The number of alkyl halides is 1. The average molecular weight is 290 g/mol. The van der Waals surface area contributed by atoms with Crippen LogP contribution in [-0.4, -0.2) is 26.8 Å². The summed E-state index contributed by atoms with van der Waals surface area (Å²) in [6.07, 6.45) is 0. The molecule has 0 spiro atoms. The van der Waals surface area contributed by atoms with E-state index >= 15 is 0 Å². The Bertz CT molecular complexity index is 416. The second kappa shape index (κ2) is 5.11. The van der Waals surface area contributed by atoms with Crippen molar-refractivity contribution in [2.75, 3.05) is 5.33 Å². The molecule has 0 aliphatic heterocycles. The lowest BCUT2D eigenvalue weighted by Crippen LogP contribution is -2.34. The molecular formula is C9H12BrN3O3. The highest BCUT2D eigenvalue weighted by Crippen LogP contribution is 2.14. The fourth-order valence-corrected chi connectivity index (χ4v) is 1.41. The molecule has 88 valence electrons. The van der Waals surface area contributed by atoms with Crippen LogP contribution in [0.2, 0.25) is 0 Å². The number of hydrogen-bond donors (Lipinski definition) is 1. The fraction of sp³-hybridized carbons (Fsp3) is 0.444. The van der Waals surface area contributed by atoms with Gasteiger partial charge < -0.3 is 15.4 Å². The van der Waals surface area contributed by atoms with Crippen molar-refractivity contribution in [2.45, 2.75) is 13.0 Å². The largest absolute Gasteiger partial charge is 0.358 e. The van der Waals surface area contributed by atoms with Gasteiger partial charge in [0.15, 0.2) is 5.69 Å². The maximum atomic E-state index is 11.7. The first-order valence-corrected chi connectivity index (χ1v) is 5.76. The topological polar surface area (TPSA) is 77.2 Å². The van der Waals surface area contributed by atoms with E-state index in [4.69, 9.17) is 0 Å². The van der Waals surface area contributed by atoms with Crippen molar-refractivity contribution in [1.29, 1.82) is 0 Å². The van der Waals surface area contributed by atoms with Crippen LogP contribution < -0.4 is 5.32 Å². The number of aromatic nitrogens is 1. The molecule has 1 aromatic heterocycles. The Morgan fingerprint density at radius 1 is 1.69 bits per heavy atom. The van der Waals surface area contributed by atoms with Gasteiger partial charge in [0.25, 0.3) is 5.91 Å². The van der Waals surface area contributed by atoms with Crippen molar-refractivity contribution in [3.8, 4) is 0 Å². The summed E-state index contributed by atoms with van der Waals surface area (Å²) < 4.78 is 1.26. The fourth-order valence-electron chi connectivity index (χ4n) is 1.25. The number of nitrogens with zero attached hydrogens (tertiary/aromatic N) is 2. The molecule has 1 N–H and O–H groups in total. The summed E-state index contributed by atoms with van der Waals surface area (Å²) in [4.78, 5) is 21.8. The Labute approximate surface area is 101 Å². The van der Waals surface area contributed by atoms with E-state index in [1.807, 2.05) is 6.92 Å². The third kappa shape index (κ3) is 2.60. The summed E-state index contributed by atoms with van der Waals surface area (Å²) in [6.45, 7) is 1.84. The predicted molar refractivity (Wildman–Crippen MR) is 62.8 cm³/mol. The summed E-state index contributed by atoms with van der Waals surface area (Å²) in [7, 11) is 1.49. The molecule has 0 bridgehead atoms. The molecule has 0 aromatic carbocycles. The normalized spacial score (nSPS) is 12.2. The maximum Gasteiger partial charge on any atom is 0.323 e. The minimum absolute atomic E-state index is 0.0264. The molecule has 6 nitrogen and oxygen atoms in total. The molecule has 16 heavy (non-hydrogen) atoms. The van der Waals surface area contributed by atoms with Gasteiger partial charge in [-0.1, -0.05) is 15.9 Å². The molecule has 0 radical (unpaired) electrons. The zero-order valence-corrected chi connectivity index (χ0v) is 10.5. The highest BCUT2D eigenvalue weighted by molar-refractivity contribution is 9.09. The number of amides is 1. The zero-order chi connectivity index (χ0) is 12.3. The van der Waals surface area contributed by atoms with Crippen LogP contribution in [-0.2, 0) is 7.05 Å². The first-order chi connectivity index (χ1) is 7.47. The van der Waals surface area contributed by atoms with Crippen molar-refractivity contribution in [3.05, 3.63) is 27.9 Å². The summed E-state index contributed by atoms with van der Waals surface area (Å²) in [5, 5.41) is 13.9. The lowest BCUT2D eigenvalue weighted by Gasteiger charge is -2.09. The Kier molecular flexibility index (Phi) is 4.05. The SMILES string of the molecule is CC(CBr)NC(=O)c1ccc([N+](=O)[O-])n1C. The Morgan fingerprint density at radius 3 is 2.75 bits per heavy atom. The van der Waals surface area contributed by atoms with E-state index in [-0.39, 0.29) is 23.5 Å². The van der Waals surface area contributed by atoms with Gasteiger partial charge in [-0.15, -0.1) is 0 Å². The van der Waals surface area contributed by atoms with Crippen LogP contribution in [0.1, 0.15) is 17.4 Å². The van der Waals surface area contributed by atoms with E-state index in [1.54, 1.807) is 0 Å². The Balaban J connectivity index is 2.89. The van der Waals surface area contributed by atoms with E-state index in [0.29, 0.717) is 5.33 Å². The lowest BCUT2D eigenvalue weighted by atomic mass is 10.3. The Morgan fingerprint density at radius 2 is 2.31 bits per heavy atom. The molecule has 1 unspecified atom stereocenters. The van der Waals surface area contributed by atoms with E-state index in [9.17, 15) is 14.9 Å². The smallest absolute Gasteiger partial charge is 0.323 e. The predicted octanol–water partition coefficient (Wildman–Crippen LogP) is 1.45. The van der Waals surface area contributed by atoms with Gasteiger partial charge in [0.1, 0.15) is 0 Å². The third-order valence-electron chi connectivity index (χ3n) is 2.12. The molecule has 0 saturated carbocycles. The molecule has 1 heterocycles. The van der Waals surface area contributed by atoms with E-state index in [2.05, 4.69) is 21.2 Å². The number of carbonyl (C=O) groups is 1. The molecule has 0 aliphatic rings. The molecule has 1 atom stereocenters. The molecule has 0 saturated heterocycles. The van der Waals surface area contributed by atoms with Crippen LogP contribution >= 0.6 is 15.9 Å². The third-order valence-corrected chi connectivity index (χ3v) is 3.10. The number of carbonyl (C=O) groups excluding carboxylic acids is 1. The molecule has 7 heteroatoms. The maximum absolute atomic E-state index is 11.7. The minimum Gasteiger partial charge on any atom is -0.358 e. The second-order valence-corrected chi connectivity index (χ2v) is 4.07. The number of nitrogens with one attached hydrogen (secondary N) is 1. The van der Waals surface area contributed by atoms with Crippen molar-refractivity contribution >= 4 is 27.7 Å². The highest BCUT2D eigenvalue weighted by atomic mass is 79.9. The van der Waals surface area contributed by atoms with Gasteiger partial charge in [-0.2, -0.15) is 0 Å². The summed E-state index contributed by atoms with van der Waals surface area (Å²) in [5.74, 6) is -0.417. The van der Waals surface area contributed by atoms with Crippen molar-refractivity contribution in [2.24, 2.45) is 7.05 Å². The van der Waals surface area contributed by atoms with Gasteiger partial charge >= 0.3 is 5.82 Å². The first kappa shape index (κ1) is 12.7. The first-order valence-electron chi connectivity index (χ1n) is 4.64. The molecule has 1 aromatic rings. The summed E-state index contributed by atoms with van der Waals surface area (Å²) in [6, 6.07) is 2.73. The quantitative estimate of drug-likeness (QED) is 0.518. The molecular weight excluding hydrogens is 278 g/mol. The van der Waals surface area contributed by atoms with Crippen molar-refractivity contribution in [3.63, 3.8) is 0 Å². The number of halogens is 1. The standard InChI is InChI=1S/C9H12BrN3O3/c1-6(5-10)11-9(14)7-3-4-8(12(7)2)13(15)16/h3-4,6H,5H2,1-2H3,(H,11,14). The highest BCUT2D eigenvalue weighted by Gasteiger charge is 2.21. The van der Waals surface area contributed by atoms with E-state index < -0.39 is 4.92 Å². The van der Waals surface area contributed by atoms with Crippen LogP contribution in [0.4, 0.5) is 5.82 Å². The number of rotatable bonds is 4. The molecule has 1 amide bonds. The van der Waals surface area contributed by atoms with Crippen molar-refractivity contribution < 1.29 is 9.72 Å². The van der Waals surface area contributed by atoms with Crippen LogP contribution in [0.15, 0.2) is 12.1 Å². The number of hydrogen-bond acceptors (Lipinski definition) is 3. The molecule has 0 aliphatic carbocycles. The summed E-state index contributed by atoms with van der Waals surface area (Å²) in [5.41, 5.74) is 0.277. The van der Waals surface area contributed by atoms with Crippen LogP contribution in [0.3, 0.4) is 0 Å². The second-order valence-electron chi connectivity index (χ2n) is 3.42. The van der Waals surface area contributed by atoms with Gasteiger partial charge in [-0.3, -0.25) is 4.79 Å². The van der Waals surface area contributed by atoms with Gasteiger partial charge in [-0.05, 0) is 17.9 Å². The number of nitro groups is 1. The van der Waals surface area contributed by atoms with E-state index in [1.165, 1.54) is 23.7 Å². The average Bonchev–Trinajstić information content (AvgIpc) is 2.59. The van der Waals surface area contributed by atoms with Crippen LogP contribution in [0, 0.1) is 10.1 Å². The molecule has 1 rings (SSSR count). The van der Waals surface area contributed by atoms with Gasteiger partial charge in [-0.25, -0.2) is 4.57 Å². The summed E-state index contributed by atoms with van der Waals surface area (Å²) >= 11 is 3.23. The van der Waals surface area contributed by atoms with Gasteiger partial charge in [0, 0.05) is 17.4 Å². The van der Waals surface area contributed by atoms with Crippen molar-refractivity contribution in [1.82, 2.24) is 9.88 Å². The van der Waals surface area contributed by atoms with Gasteiger partial charge in [0.05, 0.1) is 7.05 Å². The molecule has 0 fully saturated rings. The minimum atomic E-state index is -0.523.